The molecule has 2 amide bonds. The summed E-state index contributed by atoms with van der Waals surface area (Å²) >= 11 is 0. The van der Waals surface area contributed by atoms with Crippen molar-refractivity contribution >= 4 is 11.8 Å². The minimum absolute atomic E-state index is 0.0481. The van der Waals surface area contributed by atoms with E-state index in [1.165, 1.54) is 0 Å². The van der Waals surface area contributed by atoms with Crippen LogP contribution in [0.4, 0.5) is 0 Å². The van der Waals surface area contributed by atoms with Gasteiger partial charge in [-0.3, -0.25) is 9.59 Å². The van der Waals surface area contributed by atoms with Gasteiger partial charge in [0.2, 0.25) is 11.8 Å². The summed E-state index contributed by atoms with van der Waals surface area (Å²) in [4.78, 5) is 26.5. The van der Waals surface area contributed by atoms with Gasteiger partial charge < -0.3 is 14.9 Å². The molecule has 2 aliphatic rings. The molecule has 5 heteroatoms. The Balaban J connectivity index is 1.87. The van der Waals surface area contributed by atoms with E-state index in [4.69, 9.17) is 0 Å². The lowest BCUT2D eigenvalue weighted by atomic mass is 10.1. The van der Waals surface area contributed by atoms with Crippen LogP contribution in [-0.4, -0.2) is 58.5 Å². The van der Waals surface area contributed by atoms with Gasteiger partial charge in [-0.1, -0.05) is 0 Å². The number of hydrogen-bond acceptors (Lipinski definition) is 3. The van der Waals surface area contributed by atoms with Crippen LogP contribution in [0, 0.1) is 0 Å². The fraction of sp³-hybridized carbons (Fsp3) is 0.818. The molecule has 0 saturated carbocycles. The molecule has 90 valence electrons. The van der Waals surface area contributed by atoms with Crippen LogP contribution in [0.25, 0.3) is 0 Å². The van der Waals surface area contributed by atoms with Crippen LogP contribution in [0.1, 0.15) is 26.2 Å². The van der Waals surface area contributed by atoms with Gasteiger partial charge in [-0.2, -0.15) is 0 Å². The first kappa shape index (κ1) is 11.4. The summed E-state index contributed by atoms with van der Waals surface area (Å²) < 4.78 is 0. The number of amides is 2. The van der Waals surface area contributed by atoms with E-state index in [9.17, 15) is 14.7 Å². The molecule has 1 atom stereocenters. The zero-order chi connectivity index (χ0) is 11.8. The molecule has 0 radical (unpaired) electrons. The van der Waals surface area contributed by atoms with E-state index < -0.39 is 5.60 Å². The first-order chi connectivity index (χ1) is 7.48. The molecule has 1 unspecified atom stereocenters. The molecular formula is C11H18N2O3. The predicted molar refractivity (Wildman–Crippen MR) is 57.6 cm³/mol. The Labute approximate surface area is 95.0 Å². The van der Waals surface area contributed by atoms with E-state index in [-0.39, 0.29) is 18.4 Å². The van der Waals surface area contributed by atoms with Gasteiger partial charge in [0.05, 0.1) is 12.1 Å². The number of aliphatic hydroxyl groups is 1. The molecule has 0 spiro atoms. The van der Waals surface area contributed by atoms with Crippen LogP contribution in [0.5, 0.6) is 0 Å². The van der Waals surface area contributed by atoms with Crippen molar-refractivity contribution in [3.05, 3.63) is 0 Å². The highest BCUT2D eigenvalue weighted by Crippen LogP contribution is 2.20. The van der Waals surface area contributed by atoms with E-state index in [0.717, 1.165) is 6.42 Å². The fourth-order valence-electron chi connectivity index (χ4n) is 2.29. The van der Waals surface area contributed by atoms with Crippen LogP contribution in [0.2, 0.25) is 0 Å². The summed E-state index contributed by atoms with van der Waals surface area (Å²) in [5, 5.41) is 9.75. The second-order valence-corrected chi connectivity index (χ2v) is 4.98. The normalized spacial score (nSPS) is 30.2. The maximum absolute atomic E-state index is 11.9. The summed E-state index contributed by atoms with van der Waals surface area (Å²) in [6.45, 7) is 3.58. The van der Waals surface area contributed by atoms with Gasteiger partial charge in [0.15, 0.2) is 0 Å². The largest absolute Gasteiger partial charge is 0.388 e. The van der Waals surface area contributed by atoms with E-state index in [0.29, 0.717) is 32.5 Å². The Morgan fingerprint density at radius 3 is 2.75 bits per heavy atom. The van der Waals surface area contributed by atoms with E-state index in [2.05, 4.69) is 0 Å². The molecule has 2 heterocycles. The van der Waals surface area contributed by atoms with Gasteiger partial charge in [0.1, 0.15) is 0 Å². The minimum atomic E-state index is -0.759. The topological polar surface area (TPSA) is 60.9 Å². The zero-order valence-corrected chi connectivity index (χ0v) is 9.61. The van der Waals surface area contributed by atoms with Gasteiger partial charge in [0.25, 0.3) is 0 Å². The third kappa shape index (κ3) is 2.35. The Bertz CT molecular complexity index is 314. The van der Waals surface area contributed by atoms with Crippen molar-refractivity contribution in [1.29, 1.82) is 0 Å². The van der Waals surface area contributed by atoms with Crippen LogP contribution in [0.15, 0.2) is 0 Å². The molecule has 0 aromatic heterocycles. The molecule has 0 aromatic carbocycles. The Morgan fingerprint density at radius 2 is 2.25 bits per heavy atom. The SMILES string of the molecule is CC1(O)CCN(C(=O)CN2CCCC2=O)C1. The van der Waals surface area contributed by atoms with Gasteiger partial charge in [-0.05, 0) is 19.8 Å². The third-order valence-electron chi connectivity index (χ3n) is 3.30. The lowest BCUT2D eigenvalue weighted by Crippen LogP contribution is -2.41. The Hall–Kier alpha value is -1.10. The lowest BCUT2D eigenvalue weighted by Gasteiger charge is -2.22. The van der Waals surface area contributed by atoms with Crippen LogP contribution < -0.4 is 0 Å². The smallest absolute Gasteiger partial charge is 0.242 e. The molecule has 5 nitrogen and oxygen atoms in total. The summed E-state index contributed by atoms with van der Waals surface area (Å²) in [6, 6.07) is 0. The number of likely N-dealkylation sites (tertiary alicyclic amines) is 2. The molecular weight excluding hydrogens is 208 g/mol. The van der Waals surface area contributed by atoms with Crippen molar-refractivity contribution < 1.29 is 14.7 Å². The second-order valence-electron chi connectivity index (χ2n) is 4.98. The standard InChI is InChI=1S/C11H18N2O3/c1-11(16)4-6-13(8-11)10(15)7-12-5-2-3-9(12)14/h16H,2-8H2,1H3. The van der Waals surface area contributed by atoms with Crippen LogP contribution >= 0.6 is 0 Å². The maximum atomic E-state index is 11.9. The molecule has 0 aromatic rings. The maximum Gasteiger partial charge on any atom is 0.242 e. The van der Waals surface area contributed by atoms with Gasteiger partial charge >= 0.3 is 0 Å². The number of rotatable bonds is 2. The highest BCUT2D eigenvalue weighted by Gasteiger charge is 2.35. The monoisotopic (exact) mass is 226 g/mol. The van der Waals surface area contributed by atoms with Gasteiger partial charge in [0, 0.05) is 26.1 Å². The Kier molecular flexibility index (Phi) is 2.88. The molecule has 16 heavy (non-hydrogen) atoms. The molecule has 2 saturated heterocycles. The number of carbonyl (C=O) groups excluding carboxylic acids is 2. The predicted octanol–water partition coefficient (Wildman–Crippen LogP) is -0.408. The zero-order valence-electron chi connectivity index (χ0n) is 9.61. The van der Waals surface area contributed by atoms with E-state index in [1.807, 2.05) is 0 Å². The average molecular weight is 226 g/mol. The number of nitrogens with zero attached hydrogens (tertiary/aromatic N) is 2. The second kappa shape index (κ2) is 4.05. The molecule has 2 rings (SSSR count). The molecule has 2 aliphatic heterocycles. The molecule has 0 aliphatic carbocycles. The molecule has 2 fully saturated rings. The lowest BCUT2D eigenvalue weighted by molar-refractivity contribution is -0.138. The highest BCUT2D eigenvalue weighted by molar-refractivity contribution is 5.86. The number of β-amino-alcohol motifs (C(OH)–C–C–N with tert-alkyl or cyclic N) is 1. The van der Waals surface area contributed by atoms with Crippen LogP contribution in [-0.2, 0) is 9.59 Å². The number of hydrogen-bond donors (Lipinski definition) is 1. The summed E-state index contributed by atoms with van der Waals surface area (Å²) in [5.41, 5.74) is -0.759. The van der Waals surface area contributed by atoms with E-state index in [1.54, 1.807) is 16.7 Å². The summed E-state index contributed by atoms with van der Waals surface area (Å²) in [7, 11) is 0. The van der Waals surface area contributed by atoms with Crippen LogP contribution in [0.3, 0.4) is 0 Å². The summed E-state index contributed by atoms with van der Waals surface area (Å²) in [5.74, 6) is 0.0207. The summed E-state index contributed by atoms with van der Waals surface area (Å²) in [6.07, 6.45) is 2.03. The van der Waals surface area contributed by atoms with Gasteiger partial charge in [-0.15, -0.1) is 0 Å². The third-order valence-corrected chi connectivity index (χ3v) is 3.30. The van der Waals surface area contributed by atoms with Crippen molar-refractivity contribution in [3.63, 3.8) is 0 Å². The number of carbonyl (C=O) groups is 2. The van der Waals surface area contributed by atoms with Crippen molar-refractivity contribution in [2.75, 3.05) is 26.2 Å². The van der Waals surface area contributed by atoms with Crippen molar-refractivity contribution in [3.8, 4) is 0 Å². The highest BCUT2D eigenvalue weighted by atomic mass is 16.3. The van der Waals surface area contributed by atoms with Crippen molar-refractivity contribution in [2.24, 2.45) is 0 Å². The minimum Gasteiger partial charge on any atom is -0.388 e. The fourth-order valence-corrected chi connectivity index (χ4v) is 2.29. The first-order valence-electron chi connectivity index (χ1n) is 5.76. The van der Waals surface area contributed by atoms with Crippen molar-refractivity contribution in [2.45, 2.75) is 31.8 Å². The molecule has 0 bridgehead atoms. The van der Waals surface area contributed by atoms with E-state index >= 15 is 0 Å². The Morgan fingerprint density at radius 1 is 1.50 bits per heavy atom. The van der Waals surface area contributed by atoms with Gasteiger partial charge in [-0.25, -0.2) is 0 Å². The average Bonchev–Trinajstić information content (AvgIpc) is 2.74. The quantitative estimate of drug-likeness (QED) is 0.696. The van der Waals surface area contributed by atoms with Crippen molar-refractivity contribution in [1.82, 2.24) is 9.80 Å². The first-order valence-corrected chi connectivity index (χ1v) is 5.76. The molecule has 1 N–H and O–H groups in total.